The molecule has 2 N–H and O–H groups in total. The third-order valence-electron chi connectivity index (χ3n) is 2.87. The van der Waals surface area contributed by atoms with Gasteiger partial charge in [-0.3, -0.25) is 0 Å². The summed E-state index contributed by atoms with van der Waals surface area (Å²) in [6.07, 6.45) is 3.35. The first kappa shape index (κ1) is 12.2. The van der Waals surface area contributed by atoms with E-state index in [2.05, 4.69) is 0 Å². The minimum atomic E-state index is -0.993. The fourth-order valence-corrected chi connectivity index (χ4v) is 1.86. The minimum absolute atomic E-state index is 0.0847. The van der Waals surface area contributed by atoms with E-state index in [0.717, 1.165) is 0 Å². The Morgan fingerprint density at radius 2 is 1.83 bits per heavy atom. The van der Waals surface area contributed by atoms with Gasteiger partial charge in [0.05, 0.1) is 5.56 Å². The van der Waals surface area contributed by atoms with Crippen molar-refractivity contribution in [3.05, 3.63) is 42.2 Å². The van der Waals surface area contributed by atoms with Crippen LogP contribution < -0.4 is 0 Å². The number of benzene rings is 1. The summed E-state index contributed by atoms with van der Waals surface area (Å²) in [6.45, 7) is 3.94. The second-order valence-corrected chi connectivity index (χ2v) is 4.45. The van der Waals surface area contributed by atoms with Gasteiger partial charge in [0.1, 0.15) is 5.75 Å². The molecular weight excluding hydrogens is 230 g/mol. The number of carboxylic acids is 1. The number of carboxylic acid groups (broad SMARTS) is 1. The number of phenols is 1. The first-order valence-electron chi connectivity index (χ1n) is 5.74. The van der Waals surface area contributed by atoms with Gasteiger partial charge < -0.3 is 14.8 Å². The number of aromatic carboxylic acids is 1. The van der Waals surface area contributed by atoms with Crippen LogP contribution in [0.1, 0.15) is 30.2 Å². The number of carbonyl (C=O) groups is 1. The van der Waals surface area contributed by atoms with Crippen molar-refractivity contribution in [2.75, 3.05) is 0 Å². The molecule has 0 unspecified atom stereocenters. The van der Waals surface area contributed by atoms with E-state index in [1.807, 2.05) is 18.4 Å². The molecule has 94 valence electrons. The molecule has 4 heteroatoms. The van der Waals surface area contributed by atoms with E-state index in [9.17, 15) is 15.0 Å². The molecular formula is C14H15NO3. The number of para-hydroxylation sites is 1. The van der Waals surface area contributed by atoms with Crippen LogP contribution in [-0.4, -0.2) is 20.7 Å². The largest absolute Gasteiger partial charge is 0.507 e. The Balaban J connectivity index is 2.63. The Morgan fingerprint density at radius 1 is 1.17 bits per heavy atom. The number of nitrogens with zero attached hydrogens (tertiary/aromatic N) is 1. The van der Waals surface area contributed by atoms with E-state index in [1.54, 1.807) is 36.7 Å². The second-order valence-electron chi connectivity index (χ2n) is 4.45. The predicted octanol–water partition coefficient (Wildman–Crippen LogP) is 3.14. The summed E-state index contributed by atoms with van der Waals surface area (Å²) in [4.78, 5) is 11.2. The van der Waals surface area contributed by atoms with Gasteiger partial charge in [-0.15, -0.1) is 0 Å². The summed E-state index contributed by atoms with van der Waals surface area (Å²) < 4.78 is 1.82. The summed E-state index contributed by atoms with van der Waals surface area (Å²) in [6, 6.07) is 6.91. The smallest absolute Gasteiger partial charge is 0.337 e. The van der Waals surface area contributed by atoms with Crippen LogP contribution in [0.3, 0.4) is 0 Å². The molecule has 0 amide bonds. The molecule has 2 aromatic rings. The van der Waals surface area contributed by atoms with Crippen LogP contribution in [0.2, 0.25) is 0 Å². The van der Waals surface area contributed by atoms with Crippen LogP contribution >= 0.6 is 0 Å². The first-order chi connectivity index (χ1) is 8.50. The van der Waals surface area contributed by atoms with Gasteiger partial charge in [0.25, 0.3) is 0 Å². The molecule has 0 aliphatic carbocycles. The van der Waals surface area contributed by atoms with Crippen LogP contribution in [0.15, 0.2) is 36.7 Å². The molecule has 0 saturated heterocycles. The number of aromatic nitrogens is 1. The fourth-order valence-electron chi connectivity index (χ4n) is 1.86. The zero-order chi connectivity index (χ0) is 13.3. The normalized spacial score (nSPS) is 10.8. The van der Waals surface area contributed by atoms with Crippen LogP contribution in [0, 0.1) is 0 Å². The highest BCUT2D eigenvalue weighted by atomic mass is 16.4. The van der Waals surface area contributed by atoms with E-state index >= 15 is 0 Å². The average molecular weight is 245 g/mol. The Bertz CT molecular complexity index is 584. The van der Waals surface area contributed by atoms with E-state index < -0.39 is 5.97 Å². The maximum absolute atomic E-state index is 11.2. The Labute approximate surface area is 105 Å². The summed E-state index contributed by atoms with van der Waals surface area (Å²) in [5.74, 6) is -0.908. The van der Waals surface area contributed by atoms with Crippen molar-refractivity contribution >= 4 is 5.97 Å². The van der Waals surface area contributed by atoms with Crippen molar-refractivity contribution in [2.45, 2.75) is 19.9 Å². The predicted molar refractivity (Wildman–Crippen MR) is 68.9 cm³/mol. The molecule has 0 bridgehead atoms. The lowest BCUT2D eigenvalue weighted by Gasteiger charge is -2.05. The molecule has 0 saturated carbocycles. The quantitative estimate of drug-likeness (QED) is 0.873. The van der Waals surface area contributed by atoms with Gasteiger partial charge in [-0.2, -0.15) is 0 Å². The second kappa shape index (κ2) is 4.56. The van der Waals surface area contributed by atoms with E-state index in [1.165, 1.54) is 0 Å². The third-order valence-corrected chi connectivity index (χ3v) is 2.87. The molecule has 0 fully saturated rings. The first-order valence-corrected chi connectivity index (χ1v) is 5.74. The van der Waals surface area contributed by atoms with Crippen molar-refractivity contribution in [3.63, 3.8) is 0 Å². The highest BCUT2D eigenvalue weighted by Crippen LogP contribution is 2.32. The lowest BCUT2D eigenvalue weighted by Crippen LogP contribution is -1.98. The van der Waals surface area contributed by atoms with E-state index in [0.29, 0.717) is 11.1 Å². The fraction of sp³-hybridized carbons (Fsp3) is 0.214. The molecule has 0 atom stereocenters. The standard InChI is InChI=1S/C14H15NO3/c1-9(2)15-7-11(12(8-15)14(17)18)10-5-3-4-6-13(10)16/h3-9,16H,1-2H3,(H,17,18). The van der Waals surface area contributed by atoms with Gasteiger partial charge in [0.2, 0.25) is 0 Å². The zero-order valence-corrected chi connectivity index (χ0v) is 10.3. The maximum atomic E-state index is 11.2. The molecule has 1 aromatic carbocycles. The van der Waals surface area contributed by atoms with Crippen molar-refractivity contribution in [3.8, 4) is 16.9 Å². The highest BCUT2D eigenvalue weighted by molar-refractivity contribution is 5.96. The average Bonchev–Trinajstić information content (AvgIpc) is 2.74. The monoisotopic (exact) mass is 245 g/mol. The van der Waals surface area contributed by atoms with Crippen LogP contribution in [-0.2, 0) is 0 Å². The Hall–Kier alpha value is -2.23. The van der Waals surface area contributed by atoms with Crippen molar-refractivity contribution < 1.29 is 15.0 Å². The molecule has 4 nitrogen and oxygen atoms in total. The number of aromatic hydroxyl groups is 1. The highest BCUT2D eigenvalue weighted by Gasteiger charge is 2.17. The number of hydrogen-bond acceptors (Lipinski definition) is 2. The Kier molecular flexibility index (Phi) is 3.10. The number of hydrogen-bond donors (Lipinski definition) is 2. The number of phenolic OH excluding ortho intramolecular Hbond substituents is 1. The maximum Gasteiger partial charge on any atom is 0.337 e. The van der Waals surface area contributed by atoms with E-state index in [-0.39, 0.29) is 17.4 Å². The van der Waals surface area contributed by atoms with Crippen LogP contribution in [0.5, 0.6) is 5.75 Å². The lowest BCUT2D eigenvalue weighted by molar-refractivity contribution is 0.0697. The molecule has 0 aliphatic rings. The molecule has 0 aliphatic heterocycles. The summed E-state index contributed by atoms with van der Waals surface area (Å²) in [7, 11) is 0. The van der Waals surface area contributed by atoms with Gasteiger partial charge in [-0.25, -0.2) is 4.79 Å². The molecule has 18 heavy (non-hydrogen) atoms. The minimum Gasteiger partial charge on any atom is -0.507 e. The lowest BCUT2D eigenvalue weighted by atomic mass is 10.0. The van der Waals surface area contributed by atoms with Crippen molar-refractivity contribution in [2.24, 2.45) is 0 Å². The summed E-state index contributed by atoms with van der Waals surface area (Å²) in [5, 5.41) is 19.0. The summed E-state index contributed by atoms with van der Waals surface area (Å²) in [5.41, 5.74) is 1.27. The van der Waals surface area contributed by atoms with Gasteiger partial charge in [0.15, 0.2) is 0 Å². The molecule has 0 radical (unpaired) electrons. The zero-order valence-electron chi connectivity index (χ0n) is 10.3. The van der Waals surface area contributed by atoms with E-state index in [4.69, 9.17) is 0 Å². The number of rotatable bonds is 3. The topological polar surface area (TPSA) is 62.5 Å². The van der Waals surface area contributed by atoms with Gasteiger partial charge in [-0.1, -0.05) is 18.2 Å². The molecule has 1 heterocycles. The van der Waals surface area contributed by atoms with Crippen LogP contribution in [0.4, 0.5) is 0 Å². The van der Waals surface area contributed by atoms with Gasteiger partial charge in [-0.05, 0) is 19.9 Å². The van der Waals surface area contributed by atoms with Gasteiger partial charge in [0, 0.05) is 29.6 Å². The summed E-state index contributed by atoms with van der Waals surface area (Å²) >= 11 is 0. The SMILES string of the molecule is CC(C)n1cc(C(=O)O)c(-c2ccccc2O)c1. The Morgan fingerprint density at radius 3 is 2.39 bits per heavy atom. The van der Waals surface area contributed by atoms with Crippen molar-refractivity contribution in [1.82, 2.24) is 4.57 Å². The third kappa shape index (κ3) is 2.09. The van der Waals surface area contributed by atoms with Crippen molar-refractivity contribution in [1.29, 1.82) is 0 Å². The molecule has 2 rings (SSSR count). The molecule has 1 aromatic heterocycles. The molecule has 0 spiro atoms. The van der Waals surface area contributed by atoms with Crippen LogP contribution in [0.25, 0.3) is 11.1 Å². The van der Waals surface area contributed by atoms with Gasteiger partial charge >= 0.3 is 5.97 Å².